The summed E-state index contributed by atoms with van der Waals surface area (Å²) in [6.45, 7) is 3.35. The van der Waals surface area contributed by atoms with Crippen LogP contribution in [-0.4, -0.2) is 34.1 Å². The number of nitrogens with one attached hydrogen (secondary N) is 2. The Hall–Kier alpha value is -2.66. The molecule has 1 aliphatic heterocycles. The van der Waals surface area contributed by atoms with Gasteiger partial charge < -0.3 is 5.32 Å². The fourth-order valence-corrected chi connectivity index (χ4v) is 3.22. The molecule has 5 nitrogen and oxygen atoms in total. The maximum Gasteiger partial charge on any atom is 0.276 e. The zero-order valence-electron chi connectivity index (χ0n) is 13.5. The van der Waals surface area contributed by atoms with Gasteiger partial charge in [-0.25, -0.2) is 0 Å². The van der Waals surface area contributed by atoms with E-state index in [2.05, 4.69) is 32.5 Å². The van der Waals surface area contributed by atoms with Crippen molar-refractivity contribution in [3.05, 3.63) is 59.8 Å². The van der Waals surface area contributed by atoms with Gasteiger partial charge in [0.15, 0.2) is 5.69 Å². The summed E-state index contributed by atoms with van der Waals surface area (Å²) >= 11 is 0. The van der Waals surface area contributed by atoms with Gasteiger partial charge >= 0.3 is 0 Å². The molecule has 0 spiro atoms. The third-order valence-corrected chi connectivity index (χ3v) is 4.50. The number of carbonyl (C=O) groups is 1. The van der Waals surface area contributed by atoms with Gasteiger partial charge in [0.25, 0.3) is 5.91 Å². The number of rotatable bonds is 4. The SMILES string of the molecule is O=C(Nc1ccc(CN2CCCC2)cc1)c1n[nH]c2ccccc12. The number of hydrogen-bond acceptors (Lipinski definition) is 3. The molecule has 5 heteroatoms. The first kappa shape index (κ1) is 14.9. The van der Waals surface area contributed by atoms with Gasteiger partial charge in [0.05, 0.1) is 5.52 Å². The zero-order chi connectivity index (χ0) is 16.4. The van der Waals surface area contributed by atoms with Crippen molar-refractivity contribution in [2.24, 2.45) is 0 Å². The minimum absolute atomic E-state index is 0.195. The Bertz CT molecular complexity index is 847. The van der Waals surface area contributed by atoms with Crippen LogP contribution in [0.15, 0.2) is 48.5 Å². The summed E-state index contributed by atoms with van der Waals surface area (Å²) in [5, 5.41) is 10.8. The number of aromatic nitrogens is 2. The Labute approximate surface area is 140 Å². The predicted octanol–water partition coefficient (Wildman–Crippen LogP) is 3.41. The first-order valence-electron chi connectivity index (χ1n) is 8.35. The van der Waals surface area contributed by atoms with Crippen LogP contribution < -0.4 is 5.32 Å². The van der Waals surface area contributed by atoms with Gasteiger partial charge in [0.2, 0.25) is 0 Å². The van der Waals surface area contributed by atoms with Crippen LogP contribution in [0.4, 0.5) is 5.69 Å². The van der Waals surface area contributed by atoms with E-state index in [-0.39, 0.29) is 5.91 Å². The predicted molar refractivity (Wildman–Crippen MR) is 95.0 cm³/mol. The largest absolute Gasteiger partial charge is 0.321 e. The molecule has 3 aromatic rings. The van der Waals surface area contributed by atoms with E-state index in [1.54, 1.807) is 0 Å². The van der Waals surface area contributed by atoms with Crippen molar-refractivity contribution in [2.45, 2.75) is 19.4 Å². The number of carbonyl (C=O) groups excluding carboxylic acids is 1. The molecule has 1 fully saturated rings. The number of hydrogen-bond donors (Lipinski definition) is 2. The second-order valence-electron chi connectivity index (χ2n) is 6.25. The maximum atomic E-state index is 12.5. The molecule has 0 saturated carbocycles. The molecule has 4 rings (SSSR count). The molecule has 0 atom stereocenters. The van der Waals surface area contributed by atoms with Crippen LogP contribution in [0, 0.1) is 0 Å². The minimum atomic E-state index is -0.195. The maximum absolute atomic E-state index is 12.5. The van der Waals surface area contributed by atoms with Gasteiger partial charge in [-0.05, 0) is 49.7 Å². The van der Waals surface area contributed by atoms with Crippen LogP contribution in [0.1, 0.15) is 28.9 Å². The van der Waals surface area contributed by atoms with Crippen molar-refractivity contribution >= 4 is 22.5 Å². The summed E-state index contributed by atoms with van der Waals surface area (Å²) < 4.78 is 0. The summed E-state index contributed by atoms with van der Waals surface area (Å²) in [7, 11) is 0. The van der Waals surface area contributed by atoms with Gasteiger partial charge in [-0.1, -0.05) is 30.3 Å². The Morgan fingerprint density at radius 3 is 2.62 bits per heavy atom. The van der Waals surface area contributed by atoms with E-state index in [0.29, 0.717) is 5.69 Å². The molecular formula is C19H20N4O. The topological polar surface area (TPSA) is 61.0 Å². The van der Waals surface area contributed by atoms with E-state index >= 15 is 0 Å². The van der Waals surface area contributed by atoms with Gasteiger partial charge in [-0.15, -0.1) is 0 Å². The average molecular weight is 320 g/mol. The van der Waals surface area contributed by atoms with E-state index in [9.17, 15) is 4.79 Å². The van der Waals surface area contributed by atoms with Crippen LogP contribution in [0.2, 0.25) is 0 Å². The molecule has 24 heavy (non-hydrogen) atoms. The number of aromatic amines is 1. The number of anilines is 1. The first-order chi connectivity index (χ1) is 11.8. The molecule has 0 unspecified atom stereocenters. The normalized spacial score (nSPS) is 15.0. The molecule has 1 amide bonds. The smallest absolute Gasteiger partial charge is 0.276 e. The lowest BCUT2D eigenvalue weighted by Crippen LogP contribution is -2.18. The number of likely N-dealkylation sites (tertiary alicyclic amines) is 1. The second kappa shape index (κ2) is 6.45. The summed E-state index contributed by atoms with van der Waals surface area (Å²) in [6.07, 6.45) is 2.59. The first-order valence-corrected chi connectivity index (χ1v) is 8.35. The van der Waals surface area contributed by atoms with Crippen LogP contribution in [0.25, 0.3) is 10.9 Å². The van der Waals surface area contributed by atoms with Gasteiger partial charge in [0, 0.05) is 17.6 Å². The van der Waals surface area contributed by atoms with Gasteiger partial charge in [-0.2, -0.15) is 5.10 Å². The highest BCUT2D eigenvalue weighted by atomic mass is 16.1. The summed E-state index contributed by atoms with van der Waals surface area (Å²) in [4.78, 5) is 14.9. The lowest BCUT2D eigenvalue weighted by molar-refractivity contribution is 0.102. The Morgan fingerprint density at radius 2 is 1.83 bits per heavy atom. The molecule has 1 aromatic heterocycles. The van der Waals surface area contributed by atoms with E-state index in [0.717, 1.165) is 23.1 Å². The number of amides is 1. The monoisotopic (exact) mass is 320 g/mol. The van der Waals surface area contributed by atoms with Gasteiger partial charge in [-0.3, -0.25) is 14.8 Å². The fourth-order valence-electron chi connectivity index (χ4n) is 3.22. The number of benzene rings is 2. The second-order valence-corrected chi connectivity index (χ2v) is 6.25. The van der Waals surface area contributed by atoms with E-state index in [4.69, 9.17) is 0 Å². The van der Waals surface area contributed by atoms with Crippen molar-refractivity contribution in [1.82, 2.24) is 15.1 Å². The molecule has 2 aromatic carbocycles. The number of H-pyrrole nitrogens is 1. The van der Waals surface area contributed by atoms with E-state index < -0.39 is 0 Å². The Balaban J connectivity index is 1.45. The quantitative estimate of drug-likeness (QED) is 0.774. The number of para-hydroxylation sites is 1. The van der Waals surface area contributed by atoms with Crippen molar-refractivity contribution in [1.29, 1.82) is 0 Å². The zero-order valence-corrected chi connectivity index (χ0v) is 13.5. The highest BCUT2D eigenvalue weighted by Gasteiger charge is 2.14. The summed E-state index contributed by atoms with van der Waals surface area (Å²) in [5.41, 5.74) is 3.35. The molecular weight excluding hydrogens is 300 g/mol. The van der Waals surface area contributed by atoms with E-state index in [1.807, 2.05) is 36.4 Å². The third-order valence-electron chi connectivity index (χ3n) is 4.50. The van der Waals surface area contributed by atoms with Crippen LogP contribution in [0.5, 0.6) is 0 Å². The molecule has 0 aliphatic carbocycles. The molecule has 2 N–H and O–H groups in total. The lowest BCUT2D eigenvalue weighted by atomic mass is 10.1. The molecule has 0 bridgehead atoms. The highest BCUT2D eigenvalue weighted by Crippen LogP contribution is 2.18. The highest BCUT2D eigenvalue weighted by molar-refractivity contribution is 6.11. The Morgan fingerprint density at radius 1 is 1.08 bits per heavy atom. The van der Waals surface area contributed by atoms with E-state index in [1.165, 1.54) is 31.5 Å². The average Bonchev–Trinajstić information content (AvgIpc) is 3.26. The Kier molecular flexibility index (Phi) is 4.01. The van der Waals surface area contributed by atoms with Crippen molar-refractivity contribution < 1.29 is 4.79 Å². The van der Waals surface area contributed by atoms with Crippen molar-refractivity contribution in [2.75, 3.05) is 18.4 Å². The van der Waals surface area contributed by atoms with Crippen molar-refractivity contribution in [3.8, 4) is 0 Å². The van der Waals surface area contributed by atoms with Crippen LogP contribution >= 0.6 is 0 Å². The standard InChI is InChI=1S/C19H20N4O/c24-19(18-16-5-1-2-6-17(16)21-22-18)20-15-9-7-14(8-10-15)13-23-11-3-4-12-23/h1-2,5-10H,3-4,11-13H2,(H,20,24)(H,21,22). The minimum Gasteiger partial charge on any atom is -0.321 e. The lowest BCUT2D eigenvalue weighted by Gasteiger charge is -2.14. The summed E-state index contributed by atoms with van der Waals surface area (Å²) in [5.74, 6) is -0.195. The molecule has 1 saturated heterocycles. The summed E-state index contributed by atoms with van der Waals surface area (Å²) in [6, 6.07) is 15.7. The molecule has 0 radical (unpaired) electrons. The number of fused-ring (bicyclic) bond motifs is 1. The van der Waals surface area contributed by atoms with Gasteiger partial charge in [0.1, 0.15) is 0 Å². The third kappa shape index (κ3) is 3.03. The molecule has 1 aliphatic rings. The molecule has 122 valence electrons. The van der Waals surface area contributed by atoms with Crippen LogP contribution in [-0.2, 0) is 6.54 Å². The fraction of sp³-hybridized carbons (Fsp3) is 0.263. The molecule has 2 heterocycles. The van der Waals surface area contributed by atoms with Crippen molar-refractivity contribution in [3.63, 3.8) is 0 Å². The van der Waals surface area contributed by atoms with Crippen LogP contribution in [0.3, 0.4) is 0 Å². The number of nitrogens with zero attached hydrogens (tertiary/aromatic N) is 2.